The van der Waals surface area contributed by atoms with E-state index in [0.29, 0.717) is 24.3 Å². The van der Waals surface area contributed by atoms with E-state index in [9.17, 15) is 14.0 Å². The first kappa shape index (κ1) is 20.9. The van der Waals surface area contributed by atoms with Crippen molar-refractivity contribution in [3.8, 4) is 0 Å². The van der Waals surface area contributed by atoms with Gasteiger partial charge in [-0.25, -0.2) is 9.02 Å². The minimum atomic E-state index is -0.469. The van der Waals surface area contributed by atoms with E-state index in [1.807, 2.05) is 13.8 Å². The lowest BCUT2D eigenvalue weighted by atomic mass is 10.2. The van der Waals surface area contributed by atoms with Gasteiger partial charge in [-0.2, -0.15) is 0 Å². The molecule has 1 atom stereocenters. The number of halogens is 1. The Bertz CT molecular complexity index is 870. The molecular weight excluding hydrogens is 379 g/mol. The van der Waals surface area contributed by atoms with Crippen molar-refractivity contribution in [1.82, 2.24) is 20.1 Å². The van der Waals surface area contributed by atoms with Crippen molar-refractivity contribution in [2.24, 2.45) is 5.92 Å². The lowest BCUT2D eigenvalue weighted by Crippen LogP contribution is -2.40. The first-order valence-corrected chi connectivity index (χ1v) is 9.56. The summed E-state index contributed by atoms with van der Waals surface area (Å²) < 4.78 is 24.5. The fourth-order valence-electron chi connectivity index (χ4n) is 3.25. The highest BCUT2D eigenvalue weighted by Gasteiger charge is 2.33. The van der Waals surface area contributed by atoms with Gasteiger partial charge in [-0.05, 0) is 24.1 Å². The lowest BCUT2D eigenvalue weighted by Gasteiger charge is -2.26. The molecule has 0 unspecified atom stereocenters. The predicted octanol–water partition coefficient (Wildman–Crippen LogP) is 2.04. The second kappa shape index (κ2) is 9.13. The molecule has 0 bridgehead atoms. The van der Waals surface area contributed by atoms with Crippen LogP contribution >= 0.6 is 0 Å². The van der Waals surface area contributed by atoms with Crippen LogP contribution in [0.2, 0.25) is 0 Å². The summed E-state index contributed by atoms with van der Waals surface area (Å²) in [6.45, 7) is 6.66. The molecule has 0 radical (unpaired) electrons. The Morgan fingerprint density at radius 3 is 2.72 bits per heavy atom. The number of aryl methyl sites for hydroxylation is 1. The monoisotopic (exact) mass is 404 g/mol. The van der Waals surface area contributed by atoms with Crippen molar-refractivity contribution >= 4 is 11.8 Å². The normalized spacial score (nSPS) is 17.7. The molecule has 0 N–H and O–H groups in total. The van der Waals surface area contributed by atoms with Gasteiger partial charge in [0.15, 0.2) is 5.69 Å². The van der Waals surface area contributed by atoms with Crippen LogP contribution in [0.5, 0.6) is 0 Å². The Morgan fingerprint density at radius 2 is 2.07 bits per heavy atom. The Kier molecular flexibility index (Phi) is 6.58. The first-order valence-electron chi connectivity index (χ1n) is 9.56. The Hall–Kier alpha value is -2.81. The number of amides is 2. The third kappa shape index (κ3) is 5.17. The number of ether oxygens (including phenoxy) is 1. The van der Waals surface area contributed by atoms with E-state index in [2.05, 4.69) is 14.9 Å². The van der Waals surface area contributed by atoms with Gasteiger partial charge in [0.05, 0.1) is 12.7 Å². The van der Waals surface area contributed by atoms with Crippen LogP contribution in [-0.2, 0) is 16.1 Å². The molecule has 0 spiro atoms. The molecule has 1 aromatic heterocycles. The van der Waals surface area contributed by atoms with Crippen LogP contribution in [0, 0.1) is 18.7 Å². The van der Waals surface area contributed by atoms with Crippen LogP contribution in [0.4, 0.5) is 4.39 Å². The quantitative estimate of drug-likeness (QED) is 0.732. The van der Waals surface area contributed by atoms with Gasteiger partial charge in [0.25, 0.3) is 5.91 Å². The molecular formula is C20H25FN4O4. The number of aromatic nitrogens is 2. The summed E-state index contributed by atoms with van der Waals surface area (Å²) in [6.07, 6.45) is -0.469. The van der Waals surface area contributed by atoms with Gasteiger partial charge in [0.1, 0.15) is 18.1 Å². The molecule has 1 aliphatic rings. The number of nitrogens with zero attached hydrogens (tertiary/aromatic N) is 4. The van der Waals surface area contributed by atoms with E-state index in [1.165, 1.54) is 11.0 Å². The third-order valence-electron chi connectivity index (χ3n) is 4.69. The maximum Gasteiger partial charge on any atom is 0.278 e. The molecule has 2 aromatic rings. The predicted molar refractivity (Wildman–Crippen MR) is 101 cm³/mol. The summed E-state index contributed by atoms with van der Waals surface area (Å²) >= 11 is 0. The van der Waals surface area contributed by atoms with Gasteiger partial charge in [0.2, 0.25) is 5.91 Å². The number of hydrogen-bond acceptors (Lipinski definition) is 6. The first-order chi connectivity index (χ1) is 13.8. The maximum atomic E-state index is 13.9. The van der Waals surface area contributed by atoms with Crippen LogP contribution in [0.25, 0.3) is 0 Å². The fourth-order valence-corrected chi connectivity index (χ4v) is 3.25. The Morgan fingerprint density at radius 1 is 1.31 bits per heavy atom. The average Bonchev–Trinajstić information content (AvgIpc) is 3.03. The molecule has 0 saturated carbocycles. The van der Waals surface area contributed by atoms with E-state index < -0.39 is 12.0 Å². The highest BCUT2D eigenvalue weighted by Crippen LogP contribution is 2.16. The fraction of sp³-hybridized carbons (Fsp3) is 0.500. The summed E-state index contributed by atoms with van der Waals surface area (Å²) in [7, 11) is 0. The number of rotatable bonds is 6. The van der Waals surface area contributed by atoms with Gasteiger partial charge in [-0.1, -0.05) is 37.2 Å². The second-order valence-corrected chi connectivity index (χ2v) is 7.60. The van der Waals surface area contributed by atoms with E-state index >= 15 is 0 Å². The number of carbonyl (C=O) groups is 2. The zero-order chi connectivity index (χ0) is 21.0. The van der Waals surface area contributed by atoms with Gasteiger partial charge >= 0.3 is 0 Å². The van der Waals surface area contributed by atoms with Gasteiger partial charge in [-0.15, -0.1) is 0 Å². The molecule has 29 heavy (non-hydrogen) atoms. The van der Waals surface area contributed by atoms with Crippen molar-refractivity contribution in [3.63, 3.8) is 0 Å². The number of hydrogen-bond donors (Lipinski definition) is 0. The van der Waals surface area contributed by atoms with E-state index in [-0.39, 0.29) is 43.0 Å². The summed E-state index contributed by atoms with van der Waals surface area (Å²) in [6, 6.07) is 6.37. The maximum absolute atomic E-state index is 13.9. The van der Waals surface area contributed by atoms with Gasteiger partial charge in [-0.3, -0.25) is 9.59 Å². The summed E-state index contributed by atoms with van der Waals surface area (Å²) in [5.74, 6) is -0.704. The number of carbonyl (C=O) groups excluding carboxylic acids is 2. The van der Waals surface area contributed by atoms with Crippen LogP contribution in [0.1, 0.15) is 35.6 Å². The van der Waals surface area contributed by atoms with Crippen molar-refractivity contribution in [3.05, 3.63) is 47.0 Å². The molecule has 2 amide bonds. The average molecular weight is 404 g/mol. The lowest BCUT2D eigenvalue weighted by molar-refractivity contribution is -0.132. The largest absolute Gasteiger partial charge is 0.370 e. The SMILES string of the molecule is Cc1nonc1C(=O)N1CC(=O)N(CC(C)C)C[C@H](OCc2ccccc2F)C1. The second-order valence-electron chi connectivity index (χ2n) is 7.60. The molecule has 156 valence electrons. The van der Waals surface area contributed by atoms with Gasteiger partial charge in [0, 0.05) is 25.2 Å². The zero-order valence-corrected chi connectivity index (χ0v) is 16.8. The molecule has 1 fully saturated rings. The highest BCUT2D eigenvalue weighted by atomic mass is 19.1. The summed E-state index contributed by atoms with van der Waals surface area (Å²) in [5, 5.41) is 7.28. The van der Waals surface area contributed by atoms with E-state index in [4.69, 9.17) is 4.74 Å². The van der Waals surface area contributed by atoms with Crippen LogP contribution in [-0.4, -0.2) is 64.2 Å². The zero-order valence-electron chi connectivity index (χ0n) is 16.8. The summed E-state index contributed by atoms with van der Waals surface area (Å²) in [4.78, 5) is 28.7. The third-order valence-corrected chi connectivity index (χ3v) is 4.69. The summed E-state index contributed by atoms with van der Waals surface area (Å²) in [5.41, 5.74) is 0.852. The molecule has 3 rings (SSSR count). The standard InChI is InChI=1S/C20H25FN4O4/c1-13(2)8-24-9-16(28-12-15-6-4-5-7-17(15)21)10-25(11-18(24)26)20(27)19-14(3)22-29-23-19/h4-7,13,16H,8-12H2,1-3H3/t16-/m0/s1. The molecule has 1 aliphatic heterocycles. The molecule has 9 heteroatoms. The Balaban J connectivity index is 1.78. The van der Waals surface area contributed by atoms with Crippen LogP contribution in [0.3, 0.4) is 0 Å². The van der Waals surface area contributed by atoms with E-state index in [0.717, 1.165) is 0 Å². The van der Waals surface area contributed by atoms with Crippen LogP contribution in [0.15, 0.2) is 28.9 Å². The van der Waals surface area contributed by atoms with Crippen molar-refractivity contribution in [2.45, 2.75) is 33.5 Å². The van der Waals surface area contributed by atoms with Crippen molar-refractivity contribution < 1.29 is 23.3 Å². The smallest absolute Gasteiger partial charge is 0.278 e. The molecule has 1 aromatic carbocycles. The van der Waals surface area contributed by atoms with Crippen LogP contribution < -0.4 is 0 Å². The Labute approximate surface area is 168 Å². The highest BCUT2D eigenvalue weighted by molar-refractivity contribution is 5.95. The number of benzene rings is 1. The molecule has 1 saturated heterocycles. The van der Waals surface area contributed by atoms with Crippen molar-refractivity contribution in [2.75, 3.05) is 26.2 Å². The van der Waals surface area contributed by atoms with E-state index in [1.54, 1.807) is 30.0 Å². The van der Waals surface area contributed by atoms with Crippen molar-refractivity contribution in [1.29, 1.82) is 0 Å². The minimum absolute atomic E-state index is 0.0492. The topological polar surface area (TPSA) is 88.8 Å². The van der Waals surface area contributed by atoms with Gasteiger partial charge < -0.3 is 14.5 Å². The minimum Gasteiger partial charge on any atom is -0.370 e. The molecule has 2 heterocycles. The molecule has 0 aliphatic carbocycles. The molecule has 8 nitrogen and oxygen atoms in total.